The molecular formula is C12H18N2O2S. The Morgan fingerprint density at radius 2 is 2.29 bits per heavy atom. The third-order valence-corrected chi connectivity index (χ3v) is 4.15. The predicted molar refractivity (Wildman–Crippen MR) is 68.7 cm³/mol. The molecule has 0 saturated heterocycles. The Balaban J connectivity index is 2.15. The van der Waals surface area contributed by atoms with Crippen LogP contribution in [0.15, 0.2) is 5.38 Å². The summed E-state index contributed by atoms with van der Waals surface area (Å²) in [6.45, 7) is 2.14. The number of aromatic nitrogens is 1. The van der Waals surface area contributed by atoms with E-state index in [-0.39, 0.29) is 6.54 Å². The molecule has 0 radical (unpaired) electrons. The molecule has 17 heavy (non-hydrogen) atoms. The van der Waals surface area contributed by atoms with Crippen molar-refractivity contribution in [2.24, 2.45) is 0 Å². The highest BCUT2D eigenvalue weighted by Crippen LogP contribution is 2.30. The van der Waals surface area contributed by atoms with Crippen LogP contribution in [0.3, 0.4) is 0 Å². The standard InChI is InChI=1S/C12H18N2O2S/c1-2-9-8-17-12(13-9)14(7-11(15)16)10-5-3-4-6-10/h8,10H,2-7H2,1H3,(H,15,16). The summed E-state index contributed by atoms with van der Waals surface area (Å²) in [6, 6.07) is 0.363. The number of nitrogens with zero attached hydrogens (tertiary/aromatic N) is 2. The van der Waals surface area contributed by atoms with Crippen molar-refractivity contribution >= 4 is 22.4 Å². The van der Waals surface area contributed by atoms with E-state index in [1.54, 1.807) is 11.3 Å². The third kappa shape index (κ3) is 2.97. The summed E-state index contributed by atoms with van der Waals surface area (Å²) in [4.78, 5) is 17.4. The highest BCUT2D eigenvalue weighted by Gasteiger charge is 2.26. The zero-order valence-electron chi connectivity index (χ0n) is 10.1. The minimum absolute atomic E-state index is 0.0708. The molecule has 1 saturated carbocycles. The van der Waals surface area contributed by atoms with Crippen molar-refractivity contribution in [1.82, 2.24) is 4.98 Å². The molecule has 0 unspecified atom stereocenters. The van der Waals surface area contributed by atoms with Crippen molar-refractivity contribution in [2.75, 3.05) is 11.4 Å². The van der Waals surface area contributed by atoms with Crippen LogP contribution in [-0.2, 0) is 11.2 Å². The number of hydrogen-bond donors (Lipinski definition) is 1. The number of aryl methyl sites for hydroxylation is 1. The number of carboxylic acid groups (broad SMARTS) is 1. The zero-order chi connectivity index (χ0) is 12.3. The predicted octanol–water partition coefficient (Wildman–Crippen LogP) is 2.54. The second-order valence-electron chi connectivity index (χ2n) is 4.43. The fourth-order valence-corrected chi connectivity index (χ4v) is 3.28. The first-order chi connectivity index (χ1) is 8.20. The van der Waals surface area contributed by atoms with Crippen molar-refractivity contribution in [3.8, 4) is 0 Å². The molecule has 1 aliphatic rings. The van der Waals surface area contributed by atoms with Gasteiger partial charge in [-0.1, -0.05) is 19.8 Å². The molecule has 1 aromatic heterocycles. The zero-order valence-corrected chi connectivity index (χ0v) is 10.9. The lowest BCUT2D eigenvalue weighted by Crippen LogP contribution is -2.37. The van der Waals surface area contributed by atoms with Gasteiger partial charge in [-0.3, -0.25) is 4.79 Å². The average Bonchev–Trinajstić information content (AvgIpc) is 2.97. The van der Waals surface area contributed by atoms with Crippen LogP contribution in [0.25, 0.3) is 0 Å². The Morgan fingerprint density at radius 1 is 1.59 bits per heavy atom. The molecule has 1 aliphatic carbocycles. The minimum Gasteiger partial charge on any atom is -0.480 e. The summed E-state index contributed by atoms with van der Waals surface area (Å²) in [5.74, 6) is -0.773. The Kier molecular flexibility index (Phi) is 3.99. The summed E-state index contributed by atoms with van der Waals surface area (Å²) < 4.78 is 0. The second kappa shape index (κ2) is 5.49. The molecule has 94 valence electrons. The van der Waals surface area contributed by atoms with Gasteiger partial charge in [-0.05, 0) is 19.3 Å². The summed E-state index contributed by atoms with van der Waals surface area (Å²) in [5.41, 5.74) is 1.05. The number of thiazole rings is 1. The van der Waals surface area contributed by atoms with Gasteiger partial charge in [0.2, 0.25) is 0 Å². The maximum absolute atomic E-state index is 11.0. The number of anilines is 1. The van der Waals surface area contributed by atoms with Crippen LogP contribution in [0, 0.1) is 0 Å². The number of carboxylic acids is 1. The lowest BCUT2D eigenvalue weighted by atomic mass is 10.2. The van der Waals surface area contributed by atoms with Crippen molar-refractivity contribution in [3.05, 3.63) is 11.1 Å². The SMILES string of the molecule is CCc1csc(N(CC(=O)O)C2CCCC2)n1. The fourth-order valence-electron chi connectivity index (χ4n) is 2.31. The van der Waals surface area contributed by atoms with E-state index < -0.39 is 5.97 Å². The van der Waals surface area contributed by atoms with Crippen molar-refractivity contribution < 1.29 is 9.90 Å². The molecular weight excluding hydrogens is 236 g/mol. The van der Waals surface area contributed by atoms with E-state index in [0.717, 1.165) is 30.1 Å². The average molecular weight is 254 g/mol. The summed E-state index contributed by atoms with van der Waals surface area (Å²) in [5, 5.41) is 11.9. The quantitative estimate of drug-likeness (QED) is 0.877. The van der Waals surface area contributed by atoms with Gasteiger partial charge in [-0.25, -0.2) is 4.98 Å². The third-order valence-electron chi connectivity index (χ3n) is 3.22. The Bertz CT molecular complexity index is 386. The first-order valence-electron chi connectivity index (χ1n) is 6.13. The molecule has 1 heterocycles. The molecule has 5 heteroatoms. The Labute approximate surface area is 105 Å². The van der Waals surface area contributed by atoms with Crippen LogP contribution in [-0.4, -0.2) is 28.6 Å². The Hall–Kier alpha value is -1.10. The lowest BCUT2D eigenvalue weighted by molar-refractivity contribution is -0.135. The fraction of sp³-hybridized carbons (Fsp3) is 0.667. The molecule has 2 rings (SSSR count). The van der Waals surface area contributed by atoms with Crippen LogP contribution in [0.5, 0.6) is 0 Å². The minimum atomic E-state index is -0.773. The number of carbonyl (C=O) groups is 1. The topological polar surface area (TPSA) is 53.4 Å². The Morgan fingerprint density at radius 3 is 2.82 bits per heavy atom. The van der Waals surface area contributed by atoms with Gasteiger partial charge >= 0.3 is 5.97 Å². The van der Waals surface area contributed by atoms with Crippen molar-refractivity contribution in [1.29, 1.82) is 0 Å². The monoisotopic (exact) mass is 254 g/mol. The first kappa shape index (κ1) is 12.4. The molecule has 0 bridgehead atoms. The van der Waals surface area contributed by atoms with Crippen molar-refractivity contribution in [2.45, 2.75) is 45.1 Å². The van der Waals surface area contributed by atoms with Crippen molar-refractivity contribution in [3.63, 3.8) is 0 Å². The molecule has 0 amide bonds. The molecule has 4 nitrogen and oxygen atoms in total. The van der Waals surface area contributed by atoms with E-state index in [1.165, 1.54) is 12.8 Å². The van der Waals surface area contributed by atoms with E-state index >= 15 is 0 Å². The molecule has 0 spiro atoms. The first-order valence-corrected chi connectivity index (χ1v) is 7.01. The van der Waals surface area contributed by atoms with Gasteiger partial charge in [-0.2, -0.15) is 0 Å². The molecule has 1 fully saturated rings. The highest BCUT2D eigenvalue weighted by atomic mass is 32.1. The van der Waals surface area contributed by atoms with Crippen LogP contribution in [0.4, 0.5) is 5.13 Å². The number of hydrogen-bond acceptors (Lipinski definition) is 4. The van der Waals surface area contributed by atoms with E-state index in [9.17, 15) is 4.79 Å². The summed E-state index contributed by atoms with van der Waals surface area (Å²) in [7, 11) is 0. The largest absolute Gasteiger partial charge is 0.480 e. The molecule has 0 atom stereocenters. The summed E-state index contributed by atoms with van der Waals surface area (Å²) in [6.07, 6.45) is 5.49. The van der Waals surface area contributed by atoms with E-state index in [4.69, 9.17) is 5.11 Å². The van der Waals surface area contributed by atoms with Gasteiger partial charge in [0.25, 0.3) is 0 Å². The highest BCUT2D eigenvalue weighted by molar-refractivity contribution is 7.13. The van der Waals surface area contributed by atoms with E-state index in [1.807, 2.05) is 10.3 Å². The number of aliphatic carboxylic acids is 1. The second-order valence-corrected chi connectivity index (χ2v) is 5.27. The summed E-state index contributed by atoms with van der Waals surface area (Å²) >= 11 is 1.56. The van der Waals surface area contributed by atoms with Gasteiger partial charge in [0.15, 0.2) is 5.13 Å². The molecule has 1 N–H and O–H groups in total. The van der Waals surface area contributed by atoms with Crippen LogP contribution < -0.4 is 4.90 Å². The molecule has 0 aliphatic heterocycles. The van der Waals surface area contributed by atoms with E-state index in [2.05, 4.69) is 11.9 Å². The van der Waals surface area contributed by atoms with Crippen LogP contribution >= 0.6 is 11.3 Å². The van der Waals surface area contributed by atoms with Gasteiger partial charge in [0.05, 0.1) is 5.69 Å². The molecule has 1 aromatic rings. The van der Waals surface area contributed by atoms with Crippen LogP contribution in [0.2, 0.25) is 0 Å². The van der Waals surface area contributed by atoms with Gasteiger partial charge in [0.1, 0.15) is 6.54 Å². The normalized spacial score (nSPS) is 16.3. The number of rotatable bonds is 5. The van der Waals surface area contributed by atoms with Gasteiger partial charge in [0, 0.05) is 11.4 Å². The lowest BCUT2D eigenvalue weighted by Gasteiger charge is -2.26. The molecule has 0 aromatic carbocycles. The maximum atomic E-state index is 11.0. The maximum Gasteiger partial charge on any atom is 0.323 e. The van der Waals surface area contributed by atoms with Crippen LogP contribution in [0.1, 0.15) is 38.3 Å². The van der Waals surface area contributed by atoms with Gasteiger partial charge in [-0.15, -0.1) is 11.3 Å². The smallest absolute Gasteiger partial charge is 0.323 e. The van der Waals surface area contributed by atoms with E-state index in [0.29, 0.717) is 6.04 Å². The van der Waals surface area contributed by atoms with Gasteiger partial charge < -0.3 is 10.0 Å².